The number of hydrogen-bond acceptors (Lipinski definition) is 14. The molecule has 2 amide bonds. The van der Waals surface area contributed by atoms with E-state index in [1.165, 1.54) is 7.05 Å². The quantitative estimate of drug-likeness (QED) is 0.0485. The second kappa shape index (κ2) is 31.1. The lowest BCUT2D eigenvalue weighted by molar-refractivity contribution is 0.202. The Kier molecular flexibility index (Phi) is 21.7. The fourth-order valence-corrected chi connectivity index (χ4v) is 12.6. The molecule has 534 valence electrons. The number of carbonyl (C=O) groups excluding carboxylic acids is 2. The lowest BCUT2D eigenvalue weighted by atomic mass is 9.98. The molecular weight excluding hydrogens is 1320 g/mol. The summed E-state index contributed by atoms with van der Waals surface area (Å²) in [6.07, 6.45) is -1.05. The van der Waals surface area contributed by atoms with Crippen molar-refractivity contribution in [3.63, 3.8) is 0 Å². The lowest BCUT2D eigenvalue weighted by Gasteiger charge is -2.13. The van der Waals surface area contributed by atoms with Crippen LogP contribution in [0.2, 0.25) is 0 Å². The number of aromatic hydroxyl groups is 5. The van der Waals surface area contributed by atoms with Gasteiger partial charge in [0.2, 0.25) is 0 Å². The summed E-state index contributed by atoms with van der Waals surface area (Å²) >= 11 is 0. The molecule has 0 atom stereocenters. The van der Waals surface area contributed by atoms with Gasteiger partial charge in [-0.1, -0.05) is 48.5 Å². The Balaban J connectivity index is 0.000000159. The van der Waals surface area contributed by atoms with Crippen molar-refractivity contribution < 1.29 is 44.6 Å². The number of aromatic amines is 3. The molecule has 13 aromatic rings. The number of imidazole rings is 3. The van der Waals surface area contributed by atoms with Crippen molar-refractivity contribution in [3.05, 3.63) is 244 Å². The number of phenolic OH excluding ortho intramolecular Hbond substituents is 5. The number of hydrogen-bond donors (Lipinski definition) is 10. The molecule has 0 aliphatic carbocycles. The van der Waals surface area contributed by atoms with Crippen LogP contribution in [-0.2, 0) is 0 Å². The molecule has 3 heterocycles. The Morgan fingerprint density at radius 1 is 0.362 bits per heavy atom. The topological polar surface area (TPSA) is 270 Å². The summed E-state index contributed by atoms with van der Waals surface area (Å²) in [6.45, 7) is 18.9. The van der Waals surface area contributed by atoms with Crippen LogP contribution < -0.4 is 29.9 Å². The molecule has 0 saturated carbocycles. The third-order valence-corrected chi connectivity index (χ3v) is 18.1. The van der Waals surface area contributed by atoms with Gasteiger partial charge >= 0.3 is 12.2 Å². The molecule has 19 nitrogen and oxygen atoms in total. The van der Waals surface area contributed by atoms with E-state index < -0.39 is 12.2 Å². The molecule has 3 aromatic heterocycles. The van der Waals surface area contributed by atoms with Crippen molar-refractivity contribution >= 4 is 29.2 Å². The Morgan fingerprint density at radius 2 is 0.705 bits per heavy atom. The van der Waals surface area contributed by atoms with Gasteiger partial charge in [0.25, 0.3) is 0 Å². The van der Waals surface area contributed by atoms with Crippen LogP contribution in [0.15, 0.2) is 188 Å². The van der Waals surface area contributed by atoms with Gasteiger partial charge in [-0.05, 0) is 264 Å². The number of benzene rings is 10. The largest absolute Gasteiger partial charge is 0.508 e. The number of anilines is 3. The predicted octanol–water partition coefficient (Wildman–Crippen LogP) is 19.3. The third-order valence-electron chi connectivity index (χ3n) is 18.1. The number of ether oxygens (including phenoxy) is 2. The van der Waals surface area contributed by atoms with Gasteiger partial charge in [0.15, 0.2) is 0 Å². The zero-order valence-corrected chi connectivity index (χ0v) is 61.5. The second-order valence-corrected chi connectivity index (χ2v) is 26.7. The number of nitrogens with one attached hydrogen (secondary N) is 5. The average Bonchev–Trinajstić information content (AvgIpc) is 1.65. The summed E-state index contributed by atoms with van der Waals surface area (Å²) in [7, 11) is 9.64. The molecular formula is C86H86N10O9. The Morgan fingerprint density at radius 3 is 1.13 bits per heavy atom. The van der Waals surface area contributed by atoms with Crippen molar-refractivity contribution in [2.24, 2.45) is 0 Å². The van der Waals surface area contributed by atoms with E-state index in [1.807, 2.05) is 201 Å². The molecule has 105 heavy (non-hydrogen) atoms. The molecule has 0 radical (unpaired) electrons. The highest BCUT2D eigenvalue weighted by Crippen LogP contribution is 2.43. The average molecular weight is 1400 g/mol. The van der Waals surface area contributed by atoms with Crippen molar-refractivity contribution in [1.82, 2.24) is 35.2 Å². The summed E-state index contributed by atoms with van der Waals surface area (Å²) in [5, 5.41) is 55.8. The molecule has 0 bridgehead atoms. The van der Waals surface area contributed by atoms with Gasteiger partial charge in [-0.2, -0.15) is 0 Å². The number of rotatable bonds is 14. The van der Waals surface area contributed by atoms with E-state index in [0.717, 1.165) is 140 Å². The van der Waals surface area contributed by atoms with E-state index in [1.54, 1.807) is 36.4 Å². The summed E-state index contributed by atoms with van der Waals surface area (Å²) in [5.74, 6) is 4.09. The number of carbonyl (C=O) groups is 2. The van der Waals surface area contributed by atoms with Crippen LogP contribution >= 0.6 is 0 Å². The minimum Gasteiger partial charge on any atom is -0.508 e. The molecule has 0 unspecified atom stereocenters. The number of H-pyrrole nitrogens is 3. The third kappa shape index (κ3) is 16.5. The van der Waals surface area contributed by atoms with Crippen LogP contribution in [0.25, 0.3) is 102 Å². The zero-order chi connectivity index (χ0) is 75.2. The molecule has 13 rings (SSSR count). The minimum absolute atomic E-state index is 0.175. The normalized spacial score (nSPS) is 10.9. The smallest absolute Gasteiger partial charge is 0.417 e. The highest BCUT2D eigenvalue weighted by molar-refractivity contribution is 5.89. The van der Waals surface area contributed by atoms with Crippen LogP contribution in [0.3, 0.4) is 0 Å². The second-order valence-electron chi connectivity index (χ2n) is 26.7. The number of nitrogens with zero attached hydrogens (tertiary/aromatic N) is 5. The maximum Gasteiger partial charge on any atom is 0.417 e. The van der Waals surface area contributed by atoms with Crippen molar-refractivity contribution in [1.29, 1.82) is 0 Å². The van der Waals surface area contributed by atoms with E-state index in [-0.39, 0.29) is 28.7 Å². The highest BCUT2D eigenvalue weighted by Gasteiger charge is 2.24. The van der Waals surface area contributed by atoms with E-state index >= 15 is 0 Å². The first-order chi connectivity index (χ1) is 50.1. The summed E-state index contributed by atoms with van der Waals surface area (Å²) in [4.78, 5) is 53.7. The Hall–Kier alpha value is -13.0. The highest BCUT2D eigenvalue weighted by atomic mass is 16.6. The van der Waals surface area contributed by atoms with Gasteiger partial charge in [0, 0.05) is 96.8 Å². The van der Waals surface area contributed by atoms with Gasteiger partial charge in [-0.25, -0.2) is 24.5 Å². The summed E-state index contributed by atoms with van der Waals surface area (Å²) in [6, 6.07) is 59.1. The van der Waals surface area contributed by atoms with Crippen LogP contribution in [0.5, 0.6) is 40.2 Å². The minimum atomic E-state index is -0.528. The fraction of sp³-hybridized carbons (Fsp3) is 0.174. The number of aryl methyl sites for hydroxylation is 10. The molecule has 0 fully saturated rings. The number of aromatic nitrogens is 6. The number of amides is 2. The molecule has 19 heteroatoms. The van der Waals surface area contributed by atoms with Crippen LogP contribution in [-0.4, -0.2) is 103 Å². The van der Waals surface area contributed by atoms with Gasteiger partial charge < -0.3 is 65.1 Å². The first-order valence-corrected chi connectivity index (χ1v) is 34.1. The Bertz CT molecular complexity index is 5050. The zero-order valence-electron chi connectivity index (χ0n) is 61.5. The molecule has 0 aliphatic heterocycles. The number of phenols is 5. The fourth-order valence-electron chi connectivity index (χ4n) is 12.6. The monoisotopic (exact) mass is 1400 g/mol. The van der Waals surface area contributed by atoms with Crippen molar-refractivity contribution in [3.8, 4) is 142 Å². The van der Waals surface area contributed by atoms with Gasteiger partial charge in [-0.3, -0.25) is 5.32 Å². The van der Waals surface area contributed by atoms with E-state index in [2.05, 4.69) is 83.9 Å². The van der Waals surface area contributed by atoms with Crippen molar-refractivity contribution in [2.45, 2.75) is 69.2 Å². The maximum absolute atomic E-state index is 12.6. The summed E-state index contributed by atoms with van der Waals surface area (Å²) < 4.78 is 11.1. The first-order valence-electron chi connectivity index (χ1n) is 34.1. The molecule has 10 aromatic carbocycles. The van der Waals surface area contributed by atoms with Gasteiger partial charge in [-0.15, -0.1) is 0 Å². The van der Waals surface area contributed by atoms with Crippen LogP contribution in [0, 0.1) is 69.2 Å². The van der Waals surface area contributed by atoms with E-state index in [0.29, 0.717) is 45.8 Å². The molecule has 0 saturated heterocycles. The number of para-hydroxylation sites is 1. The maximum atomic E-state index is 12.6. The van der Waals surface area contributed by atoms with E-state index in [4.69, 9.17) is 24.4 Å². The summed E-state index contributed by atoms with van der Waals surface area (Å²) in [5.41, 5.74) is 23.8. The standard InChI is InChI=1S/C34H35N5O2.C27H28N2O3.C25H23N3O4/c1-22-20-26(21-23(2)32(22)41-34(40)35-27-10-8-7-9-11-27)33-36-30(24-12-16-28(17-13-24)38(3)4)31(37-33)25-14-18-29(19-15-25)39(5)6;1-13-7-14(2)26(32)21(8-13)27-28-22(19-9-15(3)24(30)16(4)10-19)23(29-27)20-11-17(5)25(31)18(6)12-20;1-14-12-18(13-15(2)23(14)32-25(31)26-3)24-27-21(16-4-8-19(29)9-5-16)22(28-24)17-6-10-20(30)11-7-17/h7-21H,1-6H3,(H,35,40)(H,36,37);7-12,30-32H,1-6H3,(H,28,29);4-13,29-30H,1-3H3,(H,26,31)(H,27,28). The van der Waals surface area contributed by atoms with E-state index in [9.17, 15) is 35.1 Å². The van der Waals surface area contributed by atoms with Gasteiger partial charge in [0.05, 0.1) is 39.7 Å². The molecule has 0 aliphatic rings. The first kappa shape index (κ1) is 73.2. The molecule has 10 N–H and O–H groups in total. The SMILES string of the molecule is CNC(=O)Oc1c(C)cc(-c2nc(-c3ccc(O)cc3)c(-c3ccc(O)cc3)[nH]2)cc1C.Cc1cc(-c2nc(-c3ccc(N(C)C)cc3)c(-c3ccc(N(C)C)cc3)[nH]2)cc(C)c1OC(=O)Nc1ccccc1.Cc1cc(C)c(O)c(-c2nc(-c3cc(C)c(O)c(C)c3)c(-c3cc(C)c(O)c(C)c3)[nH]2)c1. The lowest BCUT2D eigenvalue weighted by Crippen LogP contribution is -2.22. The van der Waals surface area contributed by atoms with Crippen LogP contribution in [0.4, 0.5) is 26.7 Å². The Labute approximate surface area is 611 Å². The van der Waals surface area contributed by atoms with Gasteiger partial charge in [0.1, 0.15) is 57.7 Å². The van der Waals surface area contributed by atoms with Crippen molar-refractivity contribution in [2.75, 3.05) is 50.4 Å². The predicted molar refractivity (Wildman–Crippen MR) is 420 cm³/mol. The van der Waals surface area contributed by atoms with Crippen LogP contribution in [0.1, 0.15) is 55.6 Å². The molecule has 0 spiro atoms.